The van der Waals surface area contributed by atoms with Crippen LogP contribution in [0.2, 0.25) is 0 Å². The molecule has 1 saturated heterocycles. The van der Waals surface area contributed by atoms with Crippen LogP contribution in [0.1, 0.15) is 23.1 Å². The van der Waals surface area contributed by atoms with E-state index < -0.39 is 23.7 Å². The van der Waals surface area contributed by atoms with Gasteiger partial charge in [-0.1, -0.05) is 91.0 Å². The van der Waals surface area contributed by atoms with E-state index in [-0.39, 0.29) is 25.4 Å². The molecule has 3 aromatic rings. The molecule has 0 radical (unpaired) electrons. The van der Waals surface area contributed by atoms with Crippen molar-refractivity contribution in [1.29, 1.82) is 0 Å². The number of hydrogen-bond donors (Lipinski definition) is 1. The van der Waals surface area contributed by atoms with Gasteiger partial charge in [0, 0.05) is 27.2 Å². The average molecular weight is 505 g/mol. The lowest BCUT2D eigenvalue weighted by Crippen LogP contribution is -2.60. The third kappa shape index (κ3) is 5.32. The van der Waals surface area contributed by atoms with Gasteiger partial charge in [-0.25, -0.2) is 0 Å². The lowest BCUT2D eigenvalue weighted by Gasteiger charge is -2.47. The molecule has 3 aromatic carbocycles. The fourth-order valence-electron chi connectivity index (χ4n) is 5.20. The van der Waals surface area contributed by atoms with Gasteiger partial charge < -0.3 is 29.1 Å². The maximum atomic E-state index is 13.3. The maximum Gasteiger partial charge on any atom is 0.305 e. The van der Waals surface area contributed by atoms with Crippen LogP contribution in [0.15, 0.2) is 91.0 Å². The molecule has 1 N–H and O–H groups in total. The van der Waals surface area contributed by atoms with Crippen molar-refractivity contribution in [1.82, 2.24) is 9.80 Å². The van der Waals surface area contributed by atoms with Crippen molar-refractivity contribution in [3.63, 3.8) is 0 Å². The molecule has 4 rings (SSSR count). The van der Waals surface area contributed by atoms with Gasteiger partial charge in [-0.05, 0) is 30.8 Å². The molecule has 1 amide bonds. The van der Waals surface area contributed by atoms with Crippen molar-refractivity contribution in [2.75, 3.05) is 41.4 Å². The highest BCUT2D eigenvalue weighted by Crippen LogP contribution is 2.46. The molecule has 1 aliphatic heterocycles. The molecule has 0 bridgehead atoms. The maximum absolute atomic E-state index is 13.3. The summed E-state index contributed by atoms with van der Waals surface area (Å²) in [7, 11) is 6.69. The third-order valence-corrected chi connectivity index (χ3v) is 6.86. The van der Waals surface area contributed by atoms with E-state index in [2.05, 4.69) is 0 Å². The van der Waals surface area contributed by atoms with Crippen molar-refractivity contribution in [3.8, 4) is 0 Å². The second kappa shape index (κ2) is 11.5. The molecular weight excluding hydrogens is 468 g/mol. The summed E-state index contributed by atoms with van der Waals surface area (Å²) in [5, 5.41) is 10.7. The van der Waals surface area contributed by atoms with Crippen LogP contribution in [-0.4, -0.2) is 80.3 Å². The van der Waals surface area contributed by atoms with Crippen LogP contribution in [0.3, 0.4) is 0 Å². The summed E-state index contributed by atoms with van der Waals surface area (Å²) in [6, 6.07) is 29.0. The van der Waals surface area contributed by atoms with Gasteiger partial charge in [0.15, 0.2) is 0 Å². The van der Waals surface area contributed by atoms with E-state index in [1.54, 1.807) is 9.80 Å². The zero-order chi connectivity index (χ0) is 26.5. The molecule has 7 nitrogen and oxygen atoms in total. The van der Waals surface area contributed by atoms with E-state index in [1.807, 2.05) is 105 Å². The molecule has 0 aromatic heterocycles. The second-order valence-electron chi connectivity index (χ2n) is 9.58. The number of aliphatic hydroxyl groups excluding tert-OH is 1. The molecule has 0 saturated carbocycles. The number of nitrogens with zero attached hydrogens (tertiary/aromatic N) is 2. The standard InChI is InChI=1S/C30H36N2O5/c1-31(2)22-28(34)32-21-26(33)20-27(32)30(35-3,36-4)37-29(23-14-8-5-9-15-23,24-16-10-6-11-17-24)25-18-12-7-13-19-25/h5-19,26-27,33H,20-22H2,1-4H3. The van der Waals surface area contributed by atoms with Crippen LogP contribution in [0, 0.1) is 0 Å². The molecule has 37 heavy (non-hydrogen) atoms. The monoisotopic (exact) mass is 504 g/mol. The average Bonchev–Trinajstić information content (AvgIpc) is 3.33. The van der Waals surface area contributed by atoms with Gasteiger partial charge in [-0.3, -0.25) is 4.79 Å². The first-order valence-corrected chi connectivity index (χ1v) is 12.5. The van der Waals surface area contributed by atoms with E-state index >= 15 is 0 Å². The predicted octanol–water partition coefficient (Wildman–Crippen LogP) is 3.47. The fraction of sp³-hybridized carbons (Fsp3) is 0.367. The van der Waals surface area contributed by atoms with Crippen LogP contribution in [-0.2, 0) is 24.6 Å². The number of rotatable bonds is 10. The van der Waals surface area contributed by atoms with Gasteiger partial charge in [-0.2, -0.15) is 0 Å². The number of amides is 1. The van der Waals surface area contributed by atoms with Gasteiger partial charge in [0.05, 0.1) is 12.6 Å². The summed E-state index contributed by atoms with van der Waals surface area (Å²) in [4.78, 5) is 16.7. The van der Waals surface area contributed by atoms with Crippen molar-refractivity contribution in [2.24, 2.45) is 0 Å². The minimum Gasteiger partial charge on any atom is -0.391 e. The van der Waals surface area contributed by atoms with Crippen LogP contribution in [0.4, 0.5) is 0 Å². The quantitative estimate of drug-likeness (QED) is 0.337. The first-order valence-electron chi connectivity index (χ1n) is 12.5. The van der Waals surface area contributed by atoms with Crippen LogP contribution < -0.4 is 0 Å². The van der Waals surface area contributed by atoms with Crippen molar-refractivity contribution in [3.05, 3.63) is 108 Å². The summed E-state index contributed by atoms with van der Waals surface area (Å²) in [5.74, 6) is -1.83. The predicted molar refractivity (Wildman–Crippen MR) is 142 cm³/mol. The highest BCUT2D eigenvalue weighted by Gasteiger charge is 2.56. The number of hydrogen-bond acceptors (Lipinski definition) is 6. The van der Waals surface area contributed by atoms with Crippen molar-refractivity contribution < 1.29 is 24.1 Å². The Balaban J connectivity index is 1.92. The number of benzene rings is 3. The zero-order valence-corrected chi connectivity index (χ0v) is 21.9. The zero-order valence-electron chi connectivity index (χ0n) is 21.9. The summed E-state index contributed by atoms with van der Waals surface area (Å²) >= 11 is 0. The largest absolute Gasteiger partial charge is 0.391 e. The Hall–Kier alpha value is -3.07. The molecule has 1 aliphatic rings. The van der Waals surface area contributed by atoms with E-state index in [4.69, 9.17) is 14.2 Å². The molecule has 2 atom stereocenters. The Labute approximate surface area is 219 Å². The Morgan fingerprint density at radius 3 is 1.68 bits per heavy atom. The first-order chi connectivity index (χ1) is 17.9. The summed E-state index contributed by atoms with van der Waals surface area (Å²) in [6.07, 6.45) is -0.487. The fourth-order valence-corrected chi connectivity index (χ4v) is 5.20. The Morgan fingerprint density at radius 2 is 1.30 bits per heavy atom. The Bertz CT molecular complexity index is 1040. The lowest BCUT2D eigenvalue weighted by atomic mass is 9.80. The highest BCUT2D eigenvalue weighted by molar-refractivity contribution is 5.79. The number of carbonyl (C=O) groups excluding carboxylic acids is 1. The number of aliphatic hydroxyl groups is 1. The van der Waals surface area contributed by atoms with E-state index in [9.17, 15) is 9.90 Å². The first kappa shape index (κ1) is 27.0. The smallest absolute Gasteiger partial charge is 0.305 e. The summed E-state index contributed by atoms with van der Waals surface area (Å²) < 4.78 is 19.3. The van der Waals surface area contributed by atoms with E-state index in [0.717, 1.165) is 16.7 Å². The molecule has 7 heteroatoms. The van der Waals surface area contributed by atoms with Gasteiger partial charge in [0.1, 0.15) is 11.6 Å². The molecule has 196 valence electrons. The van der Waals surface area contributed by atoms with Crippen molar-refractivity contribution in [2.45, 2.75) is 30.1 Å². The molecule has 1 heterocycles. The van der Waals surface area contributed by atoms with Crippen LogP contribution in [0.25, 0.3) is 0 Å². The minimum absolute atomic E-state index is 0.140. The van der Waals surface area contributed by atoms with Crippen LogP contribution in [0.5, 0.6) is 0 Å². The van der Waals surface area contributed by atoms with Gasteiger partial charge >= 0.3 is 5.97 Å². The summed E-state index contributed by atoms with van der Waals surface area (Å²) in [6.45, 7) is 0.359. The molecule has 2 unspecified atom stereocenters. The molecule has 0 aliphatic carbocycles. The minimum atomic E-state index is -1.69. The van der Waals surface area contributed by atoms with Crippen LogP contribution >= 0.6 is 0 Å². The Morgan fingerprint density at radius 1 is 0.865 bits per heavy atom. The molecular formula is C30H36N2O5. The number of methoxy groups -OCH3 is 2. The number of likely N-dealkylation sites (N-methyl/N-ethyl adjacent to an activating group) is 1. The van der Waals surface area contributed by atoms with Gasteiger partial charge in [0.25, 0.3) is 0 Å². The number of β-amino-alcohol motifs (C(OH)–C–C–N with tert-alkyl or cyclic N) is 1. The topological polar surface area (TPSA) is 71.5 Å². The second-order valence-corrected chi connectivity index (χ2v) is 9.58. The lowest BCUT2D eigenvalue weighted by molar-refractivity contribution is -0.405. The molecule has 0 spiro atoms. The van der Waals surface area contributed by atoms with E-state index in [0.29, 0.717) is 0 Å². The number of ether oxygens (including phenoxy) is 3. The van der Waals surface area contributed by atoms with Gasteiger partial charge in [0.2, 0.25) is 5.91 Å². The number of carbonyl (C=O) groups is 1. The highest BCUT2D eigenvalue weighted by atomic mass is 16.9. The van der Waals surface area contributed by atoms with E-state index in [1.165, 1.54) is 14.2 Å². The molecule has 1 fully saturated rings. The van der Waals surface area contributed by atoms with Gasteiger partial charge in [-0.15, -0.1) is 0 Å². The Kier molecular flexibility index (Phi) is 8.42. The third-order valence-electron chi connectivity index (χ3n) is 6.86. The van der Waals surface area contributed by atoms with Crippen molar-refractivity contribution >= 4 is 5.91 Å². The normalized spacial score (nSPS) is 18.4. The SMILES string of the molecule is COC(OC)(OC(c1ccccc1)(c1ccccc1)c1ccccc1)C1CC(O)CN1C(=O)CN(C)C. The summed E-state index contributed by atoms with van der Waals surface area (Å²) in [5.41, 5.74) is 1.46. The number of likely N-dealkylation sites (tertiary alicyclic amines) is 1.